The van der Waals surface area contributed by atoms with E-state index in [9.17, 15) is 18.3 Å². The molecule has 0 unspecified atom stereocenters. The molecular weight excluding hydrogens is 1080 g/mol. The SMILES string of the molecule is CCOc1nc(NCc2ccc(O)cc2)nc(Nc2cn[nH]c2)n1.FC(F)(F)COc1nc2nc(n1)Nc1cnn(c1)CCCCCCOc1ccc(cc1)CN2.ICCCCCCI. The zero-order chi connectivity index (χ0) is 46.1. The summed E-state index contributed by atoms with van der Waals surface area (Å²) in [7, 11) is 0. The number of hydrogen-bond donors (Lipinski definition) is 6. The second-order valence-electron chi connectivity index (χ2n) is 14.2. The summed E-state index contributed by atoms with van der Waals surface area (Å²) in [5.41, 5.74) is 3.24. The maximum atomic E-state index is 12.6. The van der Waals surface area contributed by atoms with Gasteiger partial charge in [0.05, 0.1) is 37.0 Å². The van der Waals surface area contributed by atoms with E-state index < -0.39 is 18.8 Å². The molecule has 350 valence electrons. The van der Waals surface area contributed by atoms with Crippen LogP contribution in [0.15, 0.2) is 73.3 Å². The Kier molecular flexibility index (Phi) is 21.6. The fraction of sp³-hybridized carbons (Fsp3) is 0.429. The molecule has 6 bridgehead atoms. The van der Waals surface area contributed by atoms with Gasteiger partial charge in [0.2, 0.25) is 23.8 Å². The van der Waals surface area contributed by atoms with Crippen molar-refractivity contribution in [2.45, 2.75) is 84.1 Å². The standard InChI is InChI=1S/C21H24F3N7O2.C15H17N7O2.C6H12I2/c22-21(23,24)14-33-20-29-18-25-11-15-5-7-17(8-6-15)32-10-4-2-1-3-9-31-13-16(12-26-31)27-19(28-18)30-20;1-2-24-15-21-13(16-7-10-3-5-12(23)6-4-10)20-14(22-15)19-11-8-17-18-9-11;7-5-3-1-2-4-6-8/h5-8,12-13H,1-4,9-11,14H2,(H2,25,27,28,29,30);3-6,8-9,23H,2,7H2,1H3,(H,17,18)(H2,16,19,20,21,22);1-6H2. The average Bonchev–Trinajstić information content (AvgIpc) is 3.98. The Morgan fingerprint density at radius 3 is 2.25 bits per heavy atom. The minimum atomic E-state index is -4.51. The molecule has 0 spiro atoms. The molecule has 4 aromatic heterocycles. The topological polar surface area (TPSA) is 220 Å². The summed E-state index contributed by atoms with van der Waals surface area (Å²) in [5.74, 6) is 1.86. The number of aromatic hydroxyl groups is 1. The van der Waals surface area contributed by atoms with Crippen molar-refractivity contribution in [1.82, 2.24) is 49.9 Å². The van der Waals surface area contributed by atoms with Gasteiger partial charge in [0.15, 0.2) is 6.61 Å². The highest BCUT2D eigenvalue weighted by Gasteiger charge is 2.29. The number of unbranched alkanes of at least 4 members (excludes halogenated alkanes) is 3. The van der Waals surface area contributed by atoms with E-state index in [1.807, 2.05) is 43.3 Å². The highest BCUT2D eigenvalue weighted by Crippen LogP contribution is 2.22. The molecule has 18 nitrogen and oxygen atoms in total. The van der Waals surface area contributed by atoms with Gasteiger partial charge in [0.1, 0.15) is 11.5 Å². The van der Waals surface area contributed by atoms with Gasteiger partial charge < -0.3 is 40.6 Å². The number of aromatic amines is 1. The van der Waals surface area contributed by atoms with Crippen molar-refractivity contribution in [2.24, 2.45) is 0 Å². The number of nitrogens with one attached hydrogen (secondary N) is 5. The molecule has 0 fully saturated rings. The van der Waals surface area contributed by atoms with Crippen LogP contribution >= 0.6 is 45.2 Å². The number of phenols is 1. The lowest BCUT2D eigenvalue weighted by Crippen LogP contribution is -2.20. The number of phenolic OH excluding ortho intramolecular Hbond substituents is 1. The van der Waals surface area contributed by atoms with E-state index in [2.05, 4.69) is 112 Å². The molecule has 2 aliphatic heterocycles. The van der Waals surface area contributed by atoms with E-state index in [0.29, 0.717) is 43.9 Å². The first-order valence-electron chi connectivity index (χ1n) is 21.1. The zero-order valence-electron chi connectivity index (χ0n) is 35.8. The van der Waals surface area contributed by atoms with Crippen molar-refractivity contribution in [2.75, 3.05) is 49.9 Å². The second-order valence-corrected chi connectivity index (χ2v) is 16.3. The normalized spacial score (nSPS) is 12.7. The molecule has 0 aliphatic carbocycles. The van der Waals surface area contributed by atoms with Crippen LogP contribution in [0.5, 0.6) is 23.5 Å². The lowest BCUT2D eigenvalue weighted by atomic mass is 10.2. The molecule has 2 aromatic carbocycles. The molecule has 8 rings (SSSR count). The fourth-order valence-corrected chi connectivity index (χ4v) is 6.74. The summed E-state index contributed by atoms with van der Waals surface area (Å²) in [6.45, 7) is 3.05. The highest BCUT2D eigenvalue weighted by molar-refractivity contribution is 14.1. The quantitative estimate of drug-likeness (QED) is 0.0340. The van der Waals surface area contributed by atoms with Gasteiger partial charge in [-0.25, -0.2) is 0 Å². The number of anilines is 6. The van der Waals surface area contributed by atoms with E-state index in [-0.39, 0.29) is 23.7 Å². The van der Waals surface area contributed by atoms with Crippen LogP contribution in [0.3, 0.4) is 0 Å². The number of fused-ring (bicyclic) bond motifs is 9. The van der Waals surface area contributed by atoms with Crippen LogP contribution in [0.2, 0.25) is 0 Å². The van der Waals surface area contributed by atoms with Gasteiger partial charge in [0.25, 0.3) is 0 Å². The van der Waals surface area contributed by atoms with Gasteiger partial charge in [0, 0.05) is 32.0 Å². The summed E-state index contributed by atoms with van der Waals surface area (Å²) < 4.78 is 58.2. The molecular formula is C42H53F3I2N14O4. The summed E-state index contributed by atoms with van der Waals surface area (Å²) in [6.07, 6.45) is 11.9. The van der Waals surface area contributed by atoms with Crippen LogP contribution < -0.4 is 35.5 Å². The van der Waals surface area contributed by atoms with Crippen LogP contribution in [0.4, 0.5) is 48.3 Å². The third-order valence-corrected chi connectivity index (χ3v) is 10.4. The molecule has 0 saturated carbocycles. The first-order chi connectivity index (χ1) is 31.6. The second kappa shape index (κ2) is 27.8. The van der Waals surface area contributed by atoms with Crippen LogP contribution in [-0.2, 0) is 19.6 Å². The van der Waals surface area contributed by atoms with Crippen LogP contribution in [0.1, 0.15) is 69.4 Å². The van der Waals surface area contributed by atoms with E-state index in [1.165, 1.54) is 34.5 Å². The summed E-state index contributed by atoms with van der Waals surface area (Å²) in [5, 5.41) is 32.3. The van der Waals surface area contributed by atoms with Gasteiger partial charge in [-0.15, -0.1) is 0 Å². The minimum Gasteiger partial charge on any atom is -0.508 e. The molecule has 0 radical (unpaired) electrons. The Balaban J connectivity index is 0.000000216. The number of rotatable bonds is 14. The number of aromatic nitrogens is 10. The van der Waals surface area contributed by atoms with Crippen molar-refractivity contribution < 1.29 is 32.5 Å². The molecule has 0 amide bonds. The lowest BCUT2D eigenvalue weighted by Gasteiger charge is -2.12. The predicted molar refractivity (Wildman–Crippen MR) is 259 cm³/mol. The van der Waals surface area contributed by atoms with Crippen molar-refractivity contribution >= 4 is 80.3 Å². The molecule has 2 aliphatic rings. The van der Waals surface area contributed by atoms with Crippen molar-refractivity contribution in [3.63, 3.8) is 0 Å². The molecule has 6 heterocycles. The smallest absolute Gasteiger partial charge is 0.422 e. The summed E-state index contributed by atoms with van der Waals surface area (Å²) in [6, 6.07) is 14.2. The Morgan fingerprint density at radius 2 is 1.54 bits per heavy atom. The maximum Gasteiger partial charge on any atom is 0.422 e. The number of benzene rings is 2. The van der Waals surface area contributed by atoms with Gasteiger partial charge >= 0.3 is 18.2 Å². The van der Waals surface area contributed by atoms with Crippen molar-refractivity contribution in [3.8, 4) is 23.5 Å². The van der Waals surface area contributed by atoms with E-state index >= 15 is 0 Å². The number of ether oxygens (including phenoxy) is 3. The van der Waals surface area contributed by atoms with E-state index in [4.69, 9.17) is 14.2 Å². The van der Waals surface area contributed by atoms with Crippen molar-refractivity contribution in [1.29, 1.82) is 0 Å². The molecule has 23 heteroatoms. The van der Waals surface area contributed by atoms with Crippen LogP contribution in [0.25, 0.3) is 0 Å². The highest BCUT2D eigenvalue weighted by atomic mass is 127. The minimum absolute atomic E-state index is 0.0439. The lowest BCUT2D eigenvalue weighted by molar-refractivity contribution is -0.154. The number of nitrogens with zero attached hydrogens (tertiary/aromatic N) is 9. The van der Waals surface area contributed by atoms with Gasteiger partial charge in [-0.1, -0.05) is 88.7 Å². The summed E-state index contributed by atoms with van der Waals surface area (Å²) >= 11 is 4.87. The first kappa shape index (κ1) is 50.5. The van der Waals surface area contributed by atoms with Gasteiger partial charge in [-0.3, -0.25) is 9.78 Å². The molecule has 65 heavy (non-hydrogen) atoms. The fourth-order valence-electron chi connectivity index (χ4n) is 5.66. The molecule has 0 saturated heterocycles. The maximum absolute atomic E-state index is 12.6. The monoisotopic (exact) mass is 1130 g/mol. The van der Waals surface area contributed by atoms with Crippen LogP contribution in [0, 0.1) is 0 Å². The third-order valence-electron chi connectivity index (χ3n) is 8.84. The predicted octanol–water partition coefficient (Wildman–Crippen LogP) is 9.79. The number of alkyl halides is 5. The van der Waals surface area contributed by atoms with Crippen LogP contribution in [-0.4, -0.2) is 89.8 Å². The Labute approximate surface area is 402 Å². The Bertz CT molecular complexity index is 2230. The zero-order valence-corrected chi connectivity index (χ0v) is 40.1. The Hall–Kier alpha value is -5.47. The number of hydrogen-bond acceptors (Lipinski definition) is 16. The summed E-state index contributed by atoms with van der Waals surface area (Å²) in [4.78, 5) is 24.9. The van der Waals surface area contributed by atoms with E-state index in [1.54, 1.807) is 41.6 Å². The number of halogens is 5. The van der Waals surface area contributed by atoms with Crippen molar-refractivity contribution in [3.05, 3.63) is 84.4 Å². The average molecular weight is 1130 g/mol. The molecule has 6 N–H and O–H groups in total. The molecule has 0 atom stereocenters. The molecule has 6 aromatic rings. The van der Waals surface area contributed by atoms with Gasteiger partial charge in [-0.2, -0.15) is 53.3 Å². The van der Waals surface area contributed by atoms with Gasteiger partial charge in [-0.05, 0) is 83.3 Å². The largest absolute Gasteiger partial charge is 0.508 e. The Morgan fingerprint density at radius 1 is 0.815 bits per heavy atom. The first-order valence-corrected chi connectivity index (χ1v) is 24.1. The number of H-pyrrole nitrogens is 1. The number of aryl methyl sites for hydroxylation is 1. The third kappa shape index (κ3) is 20.1. The van der Waals surface area contributed by atoms with E-state index in [0.717, 1.165) is 54.8 Å².